The summed E-state index contributed by atoms with van der Waals surface area (Å²) in [7, 11) is 0. The van der Waals surface area contributed by atoms with Gasteiger partial charge in [-0.25, -0.2) is 4.79 Å². The van der Waals surface area contributed by atoms with Crippen molar-refractivity contribution >= 4 is 6.03 Å². The highest BCUT2D eigenvalue weighted by molar-refractivity contribution is 5.74. The molecule has 1 saturated heterocycles. The van der Waals surface area contributed by atoms with Crippen molar-refractivity contribution < 1.29 is 14.6 Å². The fraction of sp³-hybridized carbons (Fsp3) is 0.929. The number of aliphatic hydroxyl groups excluding tert-OH is 1. The molecule has 0 aromatic rings. The van der Waals surface area contributed by atoms with Crippen molar-refractivity contribution in [2.45, 2.75) is 58.7 Å². The molecule has 2 atom stereocenters. The highest BCUT2D eigenvalue weighted by atomic mass is 16.5. The second-order valence-electron chi connectivity index (χ2n) is 5.78. The molecule has 1 aliphatic heterocycles. The predicted molar refractivity (Wildman–Crippen MR) is 75.1 cm³/mol. The molecule has 0 spiro atoms. The Balaban J connectivity index is 2.50. The summed E-state index contributed by atoms with van der Waals surface area (Å²) in [6.07, 6.45) is 1.49. The van der Waals surface area contributed by atoms with E-state index < -0.39 is 6.10 Å². The number of hydrogen-bond acceptors (Lipinski definition) is 3. The molecule has 1 aliphatic rings. The number of ether oxygens (including phenoxy) is 1. The van der Waals surface area contributed by atoms with Crippen molar-refractivity contribution in [3.05, 3.63) is 0 Å². The van der Waals surface area contributed by atoms with Gasteiger partial charge in [0.15, 0.2) is 0 Å². The molecule has 1 heterocycles. The molecule has 0 bridgehead atoms. The maximum Gasteiger partial charge on any atom is 0.317 e. The molecule has 5 heteroatoms. The standard InChI is InChI=1S/C14H28N2O3/c1-10(2)16(9-11(3)17)14(18)15-12(4)13-5-7-19-8-6-13/h10-13,17H,5-9H2,1-4H3,(H,15,18). The average Bonchev–Trinajstić information content (AvgIpc) is 2.36. The predicted octanol–water partition coefficient (Wildman–Crippen LogP) is 1.60. The molecule has 1 fully saturated rings. The lowest BCUT2D eigenvalue weighted by Crippen LogP contribution is -2.51. The maximum absolute atomic E-state index is 12.2. The number of rotatable bonds is 5. The quantitative estimate of drug-likeness (QED) is 0.799. The van der Waals surface area contributed by atoms with Gasteiger partial charge in [-0.15, -0.1) is 0 Å². The number of nitrogens with one attached hydrogen (secondary N) is 1. The number of amides is 2. The fourth-order valence-corrected chi connectivity index (χ4v) is 2.42. The van der Waals surface area contributed by atoms with Gasteiger partial charge in [-0.2, -0.15) is 0 Å². The first kappa shape index (κ1) is 16.2. The fourth-order valence-electron chi connectivity index (χ4n) is 2.42. The zero-order valence-electron chi connectivity index (χ0n) is 12.6. The Hall–Kier alpha value is -0.810. The van der Waals surface area contributed by atoms with Gasteiger partial charge in [-0.05, 0) is 46.5 Å². The summed E-state index contributed by atoms with van der Waals surface area (Å²) in [6, 6.07) is 0.137. The Bertz CT molecular complexity index is 276. The van der Waals surface area contributed by atoms with Crippen LogP contribution in [0.2, 0.25) is 0 Å². The van der Waals surface area contributed by atoms with E-state index >= 15 is 0 Å². The van der Waals surface area contributed by atoms with Crippen molar-refractivity contribution in [3.8, 4) is 0 Å². The van der Waals surface area contributed by atoms with Crippen LogP contribution in [0.5, 0.6) is 0 Å². The van der Waals surface area contributed by atoms with Crippen LogP contribution in [-0.4, -0.2) is 54.0 Å². The Kier molecular flexibility index (Phi) is 6.58. The van der Waals surface area contributed by atoms with Crippen LogP contribution in [0, 0.1) is 5.92 Å². The third-order valence-electron chi connectivity index (χ3n) is 3.67. The molecule has 1 rings (SSSR count). The van der Waals surface area contributed by atoms with E-state index in [9.17, 15) is 9.90 Å². The van der Waals surface area contributed by atoms with Gasteiger partial charge in [-0.1, -0.05) is 0 Å². The number of urea groups is 1. The van der Waals surface area contributed by atoms with Gasteiger partial charge in [0.1, 0.15) is 0 Å². The van der Waals surface area contributed by atoms with Crippen LogP contribution in [0.4, 0.5) is 4.79 Å². The number of aliphatic hydroxyl groups is 1. The van der Waals surface area contributed by atoms with Gasteiger partial charge >= 0.3 is 6.03 Å². The third-order valence-corrected chi connectivity index (χ3v) is 3.67. The van der Waals surface area contributed by atoms with Gasteiger partial charge in [0.25, 0.3) is 0 Å². The molecule has 0 saturated carbocycles. The monoisotopic (exact) mass is 272 g/mol. The lowest BCUT2D eigenvalue weighted by atomic mass is 9.93. The summed E-state index contributed by atoms with van der Waals surface area (Å²) in [4.78, 5) is 13.9. The topological polar surface area (TPSA) is 61.8 Å². The molecule has 19 heavy (non-hydrogen) atoms. The minimum Gasteiger partial charge on any atom is -0.392 e. The molecule has 2 unspecified atom stereocenters. The van der Waals surface area contributed by atoms with Gasteiger partial charge < -0.3 is 20.1 Å². The molecule has 112 valence electrons. The van der Waals surface area contributed by atoms with E-state index in [2.05, 4.69) is 12.2 Å². The first-order chi connectivity index (χ1) is 8.91. The SMILES string of the molecule is CC(O)CN(C(=O)NC(C)C1CCOCC1)C(C)C. The lowest BCUT2D eigenvalue weighted by Gasteiger charge is -2.33. The summed E-state index contributed by atoms with van der Waals surface area (Å²) in [5.74, 6) is 0.485. The number of hydrogen-bond donors (Lipinski definition) is 2. The van der Waals surface area contributed by atoms with Crippen LogP contribution in [0.3, 0.4) is 0 Å². The summed E-state index contributed by atoms with van der Waals surface area (Å²) >= 11 is 0. The first-order valence-corrected chi connectivity index (χ1v) is 7.24. The zero-order chi connectivity index (χ0) is 14.4. The molecule has 0 aromatic heterocycles. The highest BCUT2D eigenvalue weighted by Crippen LogP contribution is 2.18. The molecular formula is C14H28N2O3. The van der Waals surface area contributed by atoms with E-state index in [-0.39, 0.29) is 18.1 Å². The van der Waals surface area contributed by atoms with Crippen LogP contribution in [0.1, 0.15) is 40.5 Å². The van der Waals surface area contributed by atoms with Crippen molar-refractivity contribution in [1.29, 1.82) is 0 Å². The third kappa shape index (κ3) is 5.37. The molecular weight excluding hydrogens is 244 g/mol. The van der Waals surface area contributed by atoms with Crippen molar-refractivity contribution in [2.24, 2.45) is 5.92 Å². The van der Waals surface area contributed by atoms with Gasteiger partial charge in [-0.3, -0.25) is 0 Å². The van der Waals surface area contributed by atoms with Crippen LogP contribution in [0.25, 0.3) is 0 Å². The van der Waals surface area contributed by atoms with Crippen LogP contribution in [-0.2, 0) is 4.74 Å². The number of nitrogens with zero attached hydrogens (tertiary/aromatic N) is 1. The second-order valence-corrected chi connectivity index (χ2v) is 5.78. The highest BCUT2D eigenvalue weighted by Gasteiger charge is 2.25. The minimum atomic E-state index is -0.508. The van der Waals surface area contributed by atoms with E-state index in [0.717, 1.165) is 26.1 Å². The van der Waals surface area contributed by atoms with E-state index in [1.165, 1.54) is 0 Å². The summed E-state index contributed by atoms with van der Waals surface area (Å²) in [5.41, 5.74) is 0. The summed E-state index contributed by atoms with van der Waals surface area (Å²) in [5, 5.41) is 12.5. The zero-order valence-corrected chi connectivity index (χ0v) is 12.6. The van der Waals surface area contributed by atoms with Crippen LogP contribution < -0.4 is 5.32 Å². The summed E-state index contributed by atoms with van der Waals surface area (Å²) < 4.78 is 5.34. The normalized spacial score (nSPS) is 20.1. The van der Waals surface area contributed by atoms with Crippen molar-refractivity contribution in [1.82, 2.24) is 10.2 Å². The molecule has 2 N–H and O–H groups in total. The Morgan fingerprint density at radius 1 is 1.32 bits per heavy atom. The van der Waals surface area contributed by atoms with E-state index in [4.69, 9.17) is 4.74 Å². The van der Waals surface area contributed by atoms with Gasteiger partial charge in [0.2, 0.25) is 0 Å². The van der Waals surface area contributed by atoms with Crippen LogP contribution >= 0.6 is 0 Å². The molecule has 5 nitrogen and oxygen atoms in total. The summed E-state index contributed by atoms with van der Waals surface area (Å²) in [6.45, 7) is 9.60. The second kappa shape index (κ2) is 7.70. The Morgan fingerprint density at radius 3 is 2.37 bits per heavy atom. The van der Waals surface area contributed by atoms with Gasteiger partial charge in [0.05, 0.1) is 6.10 Å². The number of carbonyl (C=O) groups is 1. The van der Waals surface area contributed by atoms with E-state index in [1.807, 2.05) is 13.8 Å². The van der Waals surface area contributed by atoms with Crippen molar-refractivity contribution in [3.63, 3.8) is 0 Å². The lowest BCUT2D eigenvalue weighted by molar-refractivity contribution is 0.0551. The van der Waals surface area contributed by atoms with E-state index in [0.29, 0.717) is 12.5 Å². The minimum absolute atomic E-state index is 0.0801. The average molecular weight is 272 g/mol. The smallest absolute Gasteiger partial charge is 0.317 e. The first-order valence-electron chi connectivity index (χ1n) is 7.24. The molecule has 0 aliphatic carbocycles. The largest absolute Gasteiger partial charge is 0.392 e. The Morgan fingerprint density at radius 2 is 1.89 bits per heavy atom. The van der Waals surface area contributed by atoms with Crippen molar-refractivity contribution in [2.75, 3.05) is 19.8 Å². The maximum atomic E-state index is 12.2. The van der Waals surface area contributed by atoms with E-state index in [1.54, 1.807) is 11.8 Å². The van der Waals surface area contributed by atoms with Crippen LogP contribution in [0.15, 0.2) is 0 Å². The van der Waals surface area contributed by atoms with Gasteiger partial charge in [0, 0.05) is 31.8 Å². The Labute approximate surface area is 116 Å². The molecule has 0 aromatic carbocycles. The number of carbonyl (C=O) groups excluding carboxylic acids is 1. The molecule has 2 amide bonds. The molecule has 0 radical (unpaired) electrons.